The van der Waals surface area contributed by atoms with Crippen molar-refractivity contribution in [1.82, 2.24) is 4.98 Å². The van der Waals surface area contributed by atoms with Gasteiger partial charge in [0.15, 0.2) is 0 Å². The summed E-state index contributed by atoms with van der Waals surface area (Å²) < 4.78 is 0. The third-order valence-corrected chi connectivity index (χ3v) is 2.14. The molecule has 0 saturated heterocycles. The largest absolute Gasteiger partial charge is 0.236 e. The maximum Gasteiger partial charge on any atom is 0.131 e. The van der Waals surface area contributed by atoms with E-state index in [1.54, 1.807) is 6.07 Å². The van der Waals surface area contributed by atoms with E-state index in [2.05, 4.69) is 4.98 Å². The van der Waals surface area contributed by atoms with Crippen LogP contribution in [0.4, 0.5) is 0 Å². The van der Waals surface area contributed by atoms with Crippen LogP contribution in [0.15, 0.2) is 30.3 Å². The van der Waals surface area contributed by atoms with E-state index in [4.69, 9.17) is 23.2 Å². The van der Waals surface area contributed by atoms with Crippen molar-refractivity contribution in [3.05, 3.63) is 40.5 Å². The topological polar surface area (TPSA) is 12.9 Å². The van der Waals surface area contributed by atoms with Crippen molar-refractivity contribution in [2.75, 3.05) is 0 Å². The molecule has 1 aromatic heterocycles. The second-order valence-corrected chi connectivity index (χ2v) is 3.24. The van der Waals surface area contributed by atoms with E-state index in [1.165, 1.54) is 0 Å². The summed E-state index contributed by atoms with van der Waals surface area (Å²) in [5.41, 5.74) is 0.829. The maximum absolute atomic E-state index is 5.94. The van der Waals surface area contributed by atoms with Gasteiger partial charge in [0.05, 0.1) is 10.5 Å². The molecule has 2 rings (SSSR count). The summed E-state index contributed by atoms with van der Waals surface area (Å²) in [7, 11) is 0. The number of hydrogen-bond donors (Lipinski definition) is 0. The first kappa shape index (κ1) is 11.3. The summed E-state index contributed by atoms with van der Waals surface area (Å²) in [5, 5.41) is 2.01. The van der Waals surface area contributed by atoms with Crippen LogP contribution in [0.5, 0.6) is 0 Å². The van der Waals surface area contributed by atoms with Gasteiger partial charge in [-0.2, -0.15) is 0 Å². The molecule has 0 spiro atoms. The molecule has 1 aromatic carbocycles. The second-order valence-electron chi connectivity index (χ2n) is 2.44. The quantitative estimate of drug-likeness (QED) is 0.602. The van der Waals surface area contributed by atoms with Crippen LogP contribution in [-0.2, 0) is 0 Å². The van der Waals surface area contributed by atoms with E-state index < -0.39 is 0 Å². The fraction of sp³-hybridized carbons (Fsp3) is 0.182. The first-order chi connectivity index (χ1) is 6.77. The summed E-state index contributed by atoms with van der Waals surface area (Å²) in [6.45, 7) is 4.00. The van der Waals surface area contributed by atoms with Crippen molar-refractivity contribution in [3.8, 4) is 0 Å². The van der Waals surface area contributed by atoms with E-state index in [0.29, 0.717) is 10.2 Å². The Kier molecular flexibility index (Phi) is 4.18. The van der Waals surface area contributed by atoms with Gasteiger partial charge in [-0.05, 0) is 12.1 Å². The molecule has 0 saturated carbocycles. The molecule has 0 unspecified atom stereocenters. The lowest BCUT2D eigenvalue weighted by molar-refractivity contribution is 1.41. The van der Waals surface area contributed by atoms with Gasteiger partial charge in [0.1, 0.15) is 5.15 Å². The molecular weight excluding hydrogens is 217 g/mol. The monoisotopic (exact) mass is 227 g/mol. The van der Waals surface area contributed by atoms with Crippen molar-refractivity contribution < 1.29 is 0 Å². The molecule has 0 atom stereocenters. The van der Waals surface area contributed by atoms with Crippen molar-refractivity contribution in [2.45, 2.75) is 13.8 Å². The molecule has 1 nitrogen and oxygen atoms in total. The van der Waals surface area contributed by atoms with Crippen LogP contribution in [0.2, 0.25) is 10.2 Å². The van der Waals surface area contributed by atoms with Crippen LogP contribution in [-0.4, -0.2) is 4.98 Å². The summed E-state index contributed by atoms with van der Waals surface area (Å²) in [5.74, 6) is 0. The summed E-state index contributed by atoms with van der Waals surface area (Å²) in [6, 6.07) is 9.27. The van der Waals surface area contributed by atoms with Crippen LogP contribution in [0.1, 0.15) is 13.8 Å². The van der Waals surface area contributed by atoms with Gasteiger partial charge >= 0.3 is 0 Å². The van der Waals surface area contributed by atoms with Gasteiger partial charge < -0.3 is 0 Å². The summed E-state index contributed by atoms with van der Waals surface area (Å²) in [6.07, 6.45) is 0. The molecule has 0 radical (unpaired) electrons. The normalized spacial score (nSPS) is 9.43. The van der Waals surface area contributed by atoms with Gasteiger partial charge in [-0.25, -0.2) is 4.98 Å². The number of benzene rings is 1. The lowest BCUT2D eigenvalue weighted by atomic mass is 10.2. The van der Waals surface area contributed by atoms with Crippen LogP contribution < -0.4 is 0 Å². The highest BCUT2D eigenvalue weighted by Gasteiger charge is 2.00. The fourth-order valence-corrected chi connectivity index (χ4v) is 1.62. The van der Waals surface area contributed by atoms with Crippen LogP contribution in [0.25, 0.3) is 10.9 Å². The predicted octanol–water partition coefficient (Wildman–Crippen LogP) is 4.57. The molecule has 0 bridgehead atoms. The molecule has 1 heterocycles. The molecule has 0 aliphatic rings. The molecule has 0 aliphatic carbocycles. The van der Waals surface area contributed by atoms with Crippen molar-refractivity contribution >= 4 is 34.1 Å². The molecular formula is C11H11Cl2N. The fourth-order valence-electron chi connectivity index (χ4n) is 1.10. The van der Waals surface area contributed by atoms with Gasteiger partial charge in [0.2, 0.25) is 0 Å². The van der Waals surface area contributed by atoms with Gasteiger partial charge in [-0.15, -0.1) is 0 Å². The number of aromatic nitrogens is 1. The number of hydrogen-bond acceptors (Lipinski definition) is 1. The molecule has 74 valence electrons. The van der Waals surface area contributed by atoms with Crippen LogP contribution >= 0.6 is 23.2 Å². The number of fused-ring (bicyclic) bond motifs is 1. The molecule has 0 aliphatic heterocycles. The summed E-state index contributed by atoms with van der Waals surface area (Å²) >= 11 is 11.7. The molecule has 0 N–H and O–H groups in total. The lowest BCUT2D eigenvalue weighted by Gasteiger charge is -1.98. The first-order valence-corrected chi connectivity index (χ1v) is 5.24. The molecule has 14 heavy (non-hydrogen) atoms. The number of para-hydroxylation sites is 1. The second kappa shape index (κ2) is 5.18. The van der Waals surface area contributed by atoms with E-state index >= 15 is 0 Å². The minimum absolute atomic E-state index is 0.429. The number of rotatable bonds is 0. The van der Waals surface area contributed by atoms with Gasteiger partial charge in [-0.3, -0.25) is 0 Å². The van der Waals surface area contributed by atoms with Gasteiger partial charge in [-0.1, -0.05) is 55.2 Å². The van der Waals surface area contributed by atoms with Crippen LogP contribution in [0.3, 0.4) is 0 Å². The zero-order chi connectivity index (χ0) is 10.6. The lowest BCUT2D eigenvalue weighted by Crippen LogP contribution is -1.79. The third kappa shape index (κ3) is 2.37. The highest BCUT2D eigenvalue weighted by Crippen LogP contribution is 2.24. The van der Waals surface area contributed by atoms with Crippen molar-refractivity contribution in [1.29, 1.82) is 0 Å². The van der Waals surface area contributed by atoms with Crippen molar-refractivity contribution in [2.24, 2.45) is 0 Å². The van der Waals surface area contributed by atoms with Crippen LogP contribution in [0, 0.1) is 0 Å². The molecule has 3 heteroatoms. The highest BCUT2D eigenvalue weighted by atomic mass is 35.5. The Morgan fingerprint density at radius 2 is 1.71 bits per heavy atom. The Balaban J connectivity index is 0.000000461. The smallest absolute Gasteiger partial charge is 0.131 e. The predicted molar refractivity (Wildman–Crippen MR) is 63.1 cm³/mol. The zero-order valence-corrected chi connectivity index (χ0v) is 9.60. The average Bonchev–Trinajstić information content (AvgIpc) is 2.20. The SMILES string of the molecule is CC.Clc1cc(Cl)c2ccccc2n1. The number of halogens is 2. The van der Waals surface area contributed by atoms with E-state index in [-0.39, 0.29) is 0 Å². The highest BCUT2D eigenvalue weighted by molar-refractivity contribution is 6.37. The van der Waals surface area contributed by atoms with Gasteiger partial charge in [0, 0.05) is 5.39 Å². The maximum atomic E-state index is 5.94. The molecule has 2 aromatic rings. The minimum atomic E-state index is 0.429. The van der Waals surface area contributed by atoms with E-state index in [1.807, 2.05) is 38.1 Å². The summed E-state index contributed by atoms with van der Waals surface area (Å²) in [4.78, 5) is 4.12. The third-order valence-electron chi connectivity index (χ3n) is 1.63. The molecule has 0 amide bonds. The van der Waals surface area contributed by atoms with Crippen molar-refractivity contribution in [3.63, 3.8) is 0 Å². The Bertz CT molecular complexity index is 427. The Hall–Kier alpha value is -0.790. The standard InChI is InChI=1S/C9H5Cl2N.C2H6/c10-7-5-9(11)12-8-4-2-1-3-6(7)8;1-2/h1-5H;1-2H3. The number of pyridine rings is 1. The Labute approximate surface area is 93.7 Å². The van der Waals surface area contributed by atoms with E-state index in [9.17, 15) is 0 Å². The number of nitrogens with zero attached hydrogens (tertiary/aromatic N) is 1. The van der Waals surface area contributed by atoms with Gasteiger partial charge in [0.25, 0.3) is 0 Å². The molecule has 0 fully saturated rings. The zero-order valence-electron chi connectivity index (χ0n) is 8.09. The Morgan fingerprint density at radius 3 is 2.43 bits per heavy atom. The Morgan fingerprint density at radius 1 is 1.07 bits per heavy atom. The average molecular weight is 228 g/mol. The first-order valence-electron chi connectivity index (χ1n) is 4.48. The van der Waals surface area contributed by atoms with E-state index in [0.717, 1.165) is 10.9 Å². The minimum Gasteiger partial charge on any atom is -0.236 e.